The second-order valence-corrected chi connectivity index (χ2v) is 4.27. The van der Waals surface area contributed by atoms with Crippen molar-refractivity contribution in [3.8, 4) is 0 Å². The number of amidine groups is 1. The molecule has 0 aromatic carbocycles. The highest BCUT2D eigenvalue weighted by Crippen LogP contribution is 2.15. The van der Waals surface area contributed by atoms with Crippen molar-refractivity contribution in [3.05, 3.63) is 18.0 Å². The van der Waals surface area contributed by atoms with Crippen LogP contribution in [0.2, 0.25) is 0 Å². The van der Waals surface area contributed by atoms with Crippen LogP contribution >= 0.6 is 0 Å². The van der Waals surface area contributed by atoms with Gasteiger partial charge in [-0.2, -0.15) is 5.10 Å². The summed E-state index contributed by atoms with van der Waals surface area (Å²) < 4.78 is 1.65. The zero-order chi connectivity index (χ0) is 13.1. The number of hydrogen-bond donors (Lipinski definition) is 3. The number of nitrogens with zero attached hydrogens (tertiary/aromatic N) is 3. The van der Waals surface area contributed by atoms with Crippen molar-refractivity contribution in [2.24, 2.45) is 23.4 Å². The highest BCUT2D eigenvalue weighted by molar-refractivity contribution is 6.05. The Morgan fingerprint density at radius 2 is 2.35 bits per heavy atom. The van der Waals surface area contributed by atoms with Crippen molar-refractivity contribution in [2.75, 3.05) is 0 Å². The Kier molecular flexibility index (Phi) is 3.72. The number of nitrogens with one attached hydrogen (secondary N) is 1. The Hall–Kier alpha value is -2.05. The van der Waals surface area contributed by atoms with Crippen LogP contribution in [0.4, 0.5) is 0 Å². The van der Waals surface area contributed by atoms with E-state index in [0.717, 1.165) is 5.69 Å². The molecule has 1 aromatic rings. The van der Waals surface area contributed by atoms with Gasteiger partial charge in [-0.15, -0.1) is 0 Å². The molecule has 1 amide bonds. The van der Waals surface area contributed by atoms with E-state index in [1.807, 2.05) is 0 Å². The third kappa shape index (κ3) is 2.96. The first-order chi connectivity index (χ1) is 7.87. The molecule has 7 heteroatoms. The van der Waals surface area contributed by atoms with Gasteiger partial charge in [0.15, 0.2) is 5.84 Å². The fourth-order valence-electron chi connectivity index (χ4n) is 1.19. The van der Waals surface area contributed by atoms with Crippen molar-refractivity contribution in [1.82, 2.24) is 15.1 Å². The molecule has 1 aromatic heterocycles. The molecule has 0 aliphatic carbocycles. The standard InChI is InChI=1S/C10H17N5O2/c1-10(2,8(11)14-17)9(16)12-6-7-4-5-15(3)13-7/h4-5,17H,6H2,1-3H3,(H2,11,14)(H,12,16). The predicted molar refractivity (Wildman–Crippen MR) is 62.2 cm³/mol. The molecule has 0 atom stereocenters. The fourth-order valence-corrected chi connectivity index (χ4v) is 1.19. The molecule has 0 radical (unpaired) electrons. The van der Waals surface area contributed by atoms with Gasteiger partial charge < -0.3 is 16.3 Å². The predicted octanol–water partition coefficient (Wildman–Crippen LogP) is -0.191. The number of rotatable bonds is 4. The van der Waals surface area contributed by atoms with Gasteiger partial charge in [0.1, 0.15) is 5.41 Å². The highest BCUT2D eigenvalue weighted by atomic mass is 16.4. The maximum atomic E-state index is 11.8. The van der Waals surface area contributed by atoms with E-state index in [1.54, 1.807) is 37.8 Å². The van der Waals surface area contributed by atoms with Gasteiger partial charge in [-0.25, -0.2) is 0 Å². The molecule has 0 aliphatic rings. The van der Waals surface area contributed by atoms with Gasteiger partial charge in [0.2, 0.25) is 5.91 Å². The summed E-state index contributed by atoms with van der Waals surface area (Å²) >= 11 is 0. The van der Waals surface area contributed by atoms with Crippen molar-refractivity contribution in [2.45, 2.75) is 20.4 Å². The number of carbonyl (C=O) groups is 1. The molecule has 0 fully saturated rings. The third-order valence-corrected chi connectivity index (χ3v) is 2.51. The molecule has 94 valence electrons. The maximum Gasteiger partial charge on any atom is 0.233 e. The first kappa shape index (κ1) is 13.0. The minimum absolute atomic E-state index is 0.129. The summed E-state index contributed by atoms with van der Waals surface area (Å²) in [5.74, 6) is -0.450. The SMILES string of the molecule is Cn1ccc(CNC(=O)C(C)(C)/C(N)=N/O)n1. The molecule has 7 nitrogen and oxygen atoms in total. The molecule has 0 bridgehead atoms. The monoisotopic (exact) mass is 239 g/mol. The number of oxime groups is 1. The van der Waals surface area contributed by atoms with E-state index >= 15 is 0 Å². The molecule has 1 heterocycles. The second kappa shape index (κ2) is 4.86. The van der Waals surface area contributed by atoms with Crippen molar-refractivity contribution in [1.29, 1.82) is 0 Å². The molecule has 4 N–H and O–H groups in total. The van der Waals surface area contributed by atoms with Gasteiger partial charge in [0, 0.05) is 13.2 Å². The van der Waals surface area contributed by atoms with E-state index in [1.165, 1.54) is 0 Å². The van der Waals surface area contributed by atoms with Crippen LogP contribution < -0.4 is 11.1 Å². The molecular formula is C10H17N5O2. The van der Waals surface area contributed by atoms with Crippen LogP contribution in [0.5, 0.6) is 0 Å². The zero-order valence-corrected chi connectivity index (χ0v) is 10.1. The van der Waals surface area contributed by atoms with Crippen LogP contribution in [0.15, 0.2) is 17.4 Å². The number of aryl methyl sites for hydroxylation is 1. The van der Waals surface area contributed by atoms with E-state index in [0.29, 0.717) is 6.54 Å². The van der Waals surface area contributed by atoms with E-state index in [-0.39, 0.29) is 11.7 Å². The maximum absolute atomic E-state index is 11.8. The van der Waals surface area contributed by atoms with Crippen LogP contribution in [0.25, 0.3) is 0 Å². The lowest BCUT2D eigenvalue weighted by atomic mass is 9.91. The molecule has 1 rings (SSSR count). The molecular weight excluding hydrogens is 222 g/mol. The average molecular weight is 239 g/mol. The molecule has 0 unspecified atom stereocenters. The molecule has 17 heavy (non-hydrogen) atoms. The van der Waals surface area contributed by atoms with E-state index in [4.69, 9.17) is 10.9 Å². The van der Waals surface area contributed by atoms with Crippen LogP contribution in [0, 0.1) is 5.41 Å². The Morgan fingerprint density at radius 3 is 2.82 bits per heavy atom. The van der Waals surface area contributed by atoms with Gasteiger partial charge >= 0.3 is 0 Å². The summed E-state index contributed by atoms with van der Waals surface area (Å²) in [5, 5.41) is 18.2. The van der Waals surface area contributed by atoms with E-state index < -0.39 is 5.41 Å². The Bertz CT molecular complexity index is 436. The lowest BCUT2D eigenvalue weighted by Crippen LogP contribution is -2.45. The Labute approximate surface area is 99.3 Å². The summed E-state index contributed by atoms with van der Waals surface area (Å²) in [5.41, 5.74) is 5.14. The van der Waals surface area contributed by atoms with Gasteiger partial charge in [-0.05, 0) is 19.9 Å². The van der Waals surface area contributed by atoms with Crippen molar-refractivity contribution < 1.29 is 10.0 Å². The summed E-state index contributed by atoms with van der Waals surface area (Å²) in [6.45, 7) is 3.47. The van der Waals surface area contributed by atoms with Gasteiger partial charge in [-0.3, -0.25) is 9.48 Å². The molecule has 0 spiro atoms. The first-order valence-corrected chi connectivity index (χ1v) is 5.12. The minimum atomic E-state index is -1.05. The van der Waals surface area contributed by atoms with Gasteiger partial charge in [0.05, 0.1) is 12.2 Å². The summed E-state index contributed by atoms with van der Waals surface area (Å²) in [7, 11) is 1.80. The van der Waals surface area contributed by atoms with Gasteiger partial charge in [-0.1, -0.05) is 5.16 Å². The van der Waals surface area contributed by atoms with Crippen LogP contribution in [0.1, 0.15) is 19.5 Å². The highest BCUT2D eigenvalue weighted by Gasteiger charge is 2.32. The summed E-state index contributed by atoms with van der Waals surface area (Å²) in [6, 6.07) is 1.80. The zero-order valence-electron chi connectivity index (χ0n) is 10.1. The van der Waals surface area contributed by atoms with Gasteiger partial charge in [0.25, 0.3) is 0 Å². The Morgan fingerprint density at radius 1 is 1.71 bits per heavy atom. The van der Waals surface area contributed by atoms with E-state index in [2.05, 4.69) is 15.6 Å². The van der Waals surface area contributed by atoms with Crippen LogP contribution in [0.3, 0.4) is 0 Å². The van der Waals surface area contributed by atoms with Crippen LogP contribution in [-0.4, -0.2) is 26.7 Å². The fraction of sp³-hybridized carbons (Fsp3) is 0.500. The number of nitrogens with two attached hydrogens (primary N) is 1. The normalized spacial score (nSPS) is 12.5. The average Bonchev–Trinajstić information content (AvgIpc) is 2.70. The minimum Gasteiger partial charge on any atom is -0.409 e. The topological polar surface area (TPSA) is 106 Å². The molecule has 0 aliphatic heterocycles. The van der Waals surface area contributed by atoms with E-state index in [9.17, 15) is 4.79 Å². The number of amides is 1. The van der Waals surface area contributed by atoms with Crippen LogP contribution in [-0.2, 0) is 18.4 Å². The lowest BCUT2D eigenvalue weighted by Gasteiger charge is -2.21. The summed E-state index contributed by atoms with van der Waals surface area (Å²) in [4.78, 5) is 11.8. The number of hydrogen-bond acceptors (Lipinski definition) is 4. The third-order valence-electron chi connectivity index (χ3n) is 2.51. The lowest BCUT2D eigenvalue weighted by molar-refractivity contribution is -0.126. The van der Waals surface area contributed by atoms with Crippen molar-refractivity contribution >= 4 is 11.7 Å². The summed E-state index contributed by atoms with van der Waals surface area (Å²) in [6.07, 6.45) is 1.79. The molecule has 0 saturated heterocycles. The quantitative estimate of drug-likeness (QED) is 0.293. The number of carbonyl (C=O) groups excluding carboxylic acids is 1. The smallest absolute Gasteiger partial charge is 0.233 e. The second-order valence-electron chi connectivity index (χ2n) is 4.27. The Balaban J connectivity index is 2.61. The molecule has 0 saturated carbocycles. The number of aromatic nitrogens is 2. The first-order valence-electron chi connectivity index (χ1n) is 5.12. The van der Waals surface area contributed by atoms with Crippen molar-refractivity contribution in [3.63, 3.8) is 0 Å². The largest absolute Gasteiger partial charge is 0.409 e.